The molecule has 0 aliphatic carbocycles. The average molecular weight is 228 g/mol. The van der Waals surface area contributed by atoms with Crippen molar-refractivity contribution in [1.82, 2.24) is 4.72 Å². The maximum Gasteiger partial charge on any atom is 0.225 e. The lowest BCUT2D eigenvalue weighted by atomic mass is 10.2. The summed E-state index contributed by atoms with van der Waals surface area (Å²) in [6.07, 6.45) is 2.00. The van der Waals surface area contributed by atoms with Gasteiger partial charge in [0.1, 0.15) is 5.76 Å². The molecule has 0 saturated heterocycles. The van der Waals surface area contributed by atoms with E-state index in [-0.39, 0.29) is 6.04 Å². The molecule has 1 aromatic heterocycles. The smallest absolute Gasteiger partial charge is 0.225 e. The van der Waals surface area contributed by atoms with Gasteiger partial charge in [0.15, 0.2) is 5.75 Å². The molecule has 1 N–H and O–H groups in total. The van der Waals surface area contributed by atoms with Gasteiger partial charge in [-0.3, -0.25) is 0 Å². The van der Waals surface area contributed by atoms with Gasteiger partial charge in [0.25, 0.3) is 0 Å². The van der Waals surface area contributed by atoms with Crippen LogP contribution in [-0.4, -0.2) is 20.2 Å². The highest BCUT2D eigenvalue weighted by Crippen LogP contribution is 2.04. The van der Waals surface area contributed by atoms with Gasteiger partial charge in [-0.2, -0.15) is 5.26 Å². The van der Waals surface area contributed by atoms with Crippen LogP contribution >= 0.6 is 0 Å². The molecular formula is C9H12N2O3S. The number of hydrogen-bond donors (Lipinski definition) is 1. The third-order valence-electron chi connectivity index (χ3n) is 1.72. The number of nitriles is 1. The van der Waals surface area contributed by atoms with Crippen molar-refractivity contribution < 1.29 is 12.8 Å². The first kappa shape index (κ1) is 11.8. The van der Waals surface area contributed by atoms with Gasteiger partial charge in [-0.25, -0.2) is 13.1 Å². The summed E-state index contributed by atoms with van der Waals surface area (Å²) >= 11 is 0. The Kier molecular flexibility index (Phi) is 3.88. The summed E-state index contributed by atoms with van der Waals surface area (Å²) in [7, 11) is -3.49. The standard InChI is InChI=1S/C9H12N2O3S/c1-8(7-9-3-2-5-14-9)11-15(12,13)6-4-10/h2-3,5,8,11H,6-7H2,1H3. The van der Waals surface area contributed by atoms with Crippen LogP contribution in [0, 0.1) is 11.3 Å². The second kappa shape index (κ2) is 4.96. The molecule has 1 aromatic rings. The summed E-state index contributed by atoms with van der Waals surface area (Å²) in [6.45, 7) is 1.72. The normalized spacial score (nSPS) is 13.3. The lowest BCUT2D eigenvalue weighted by molar-refractivity contribution is 0.479. The van der Waals surface area contributed by atoms with E-state index in [2.05, 4.69) is 4.72 Å². The van der Waals surface area contributed by atoms with Crippen LogP contribution in [0.1, 0.15) is 12.7 Å². The molecule has 0 aliphatic rings. The van der Waals surface area contributed by atoms with E-state index in [4.69, 9.17) is 9.68 Å². The van der Waals surface area contributed by atoms with Crippen LogP contribution in [-0.2, 0) is 16.4 Å². The second-order valence-electron chi connectivity index (χ2n) is 3.22. The Balaban J connectivity index is 2.50. The molecule has 1 atom stereocenters. The Morgan fingerprint density at radius 2 is 2.40 bits per heavy atom. The van der Waals surface area contributed by atoms with E-state index in [1.54, 1.807) is 25.1 Å². The number of sulfonamides is 1. The molecule has 0 amide bonds. The maximum atomic E-state index is 11.2. The summed E-state index contributed by atoms with van der Waals surface area (Å²) in [4.78, 5) is 0. The van der Waals surface area contributed by atoms with Crippen molar-refractivity contribution in [2.24, 2.45) is 0 Å². The molecule has 0 bridgehead atoms. The molecule has 0 fully saturated rings. The quantitative estimate of drug-likeness (QED) is 0.802. The summed E-state index contributed by atoms with van der Waals surface area (Å²) in [6, 6.07) is 4.83. The lowest BCUT2D eigenvalue weighted by Crippen LogP contribution is -2.35. The minimum absolute atomic E-state index is 0.283. The largest absolute Gasteiger partial charge is 0.469 e. The van der Waals surface area contributed by atoms with Crippen molar-refractivity contribution in [2.75, 3.05) is 5.75 Å². The van der Waals surface area contributed by atoms with Crippen molar-refractivity contribution in [3.8, 4) is 6.07 Å². The summed E-state index contributed by atoms with van der Waals surface area (Å²) < 4.78 is 29.9. The van der Waals surface area contributed by atoms with Gasteiger partial charge in [-0.05, 0) is 19.1 Å². The molecule has 82 valence electrons. The fraction of sp³-hybridized carbons (Fsp3) is 0.444. The second-order valence-corrected chi connectivity index (χ2v) is 4.97. The van der Waals surface area contributed by atoms with Crippen LogP contribution < -0.4 is 4.72 Å². The van der Waals surface area contributed by atoms with Crippen molar-refractivity contribution in [1.29, 1.82) is 5.26 Å². The van der Waals surface area contributed by atoms with E-state index in [0.717, 1.165) is 0 Å². The third-order valence-corrected chi connectivity index (χ3v) is 2.99. The number of furan rings is 1. The first-order valence-electron chi connectivity index (χ1n) is 4.43. The molecule has 0 saturated carbocycles. The predicted octanol–water partition coefficient (Wildman–Crippen LogP) is 0.654. The Bertz CT molecular complexity index is 430. The molecule has 0 spiro atoms. The minimum atomic E-state index is -3.49. The van der Waals surface area contributed by atoms with Gasteiger partial charge < -0.3 is 4.42 Å². The summed E-state index contributed by atoms with van der Waals surface area (Å²) in [5.74, 6) is 0.192. The summed E-state index contributed by atoms with van der Waals surface area (Å²) in [5, 5.41) is 8.28. The SMILES string of the molecule is CC(Cc1ccco1)NS(=O)(=O)CC#N. The van der Waals surface area contributed by atoms with Crippen molar-refractivity contribution in [3.05, 3.63) is 24.2 Å². The van der Waals surface area contributed by atoms with Crippen molar-refractivity contribution in [3.63, 3.8) is 0 Å². The highest BCUT2D eigenvalue weighted by molar-refractivity contribution is 7.89. The highest BCUT2D eigenvalue weighted by Gasteiger charge is 2.14. The van der Waals surface area contributed by atoms with E-state index < -0.39 is 15.8 Å². The number of nitrogens with zero attached hydrogens (tertiary/aromatic N) is 1. The van der Waals surface area contributed by atoms with Crippen molar-refractivity contribution >= 4 is 10.0 Å². The van der Waals surface area contributed by atoms with E-state index in [1.165, 1.54) is 6.26 Å². The van der Waals surface area contributed by atoms with E-state index in [0.29, 0.717) is 12.2 Å². The molecule has 1 heterocycles. The first-order valence-corrected chi connectivity index (χ1v) is 6.08. The van der Waals surface area contributed by atoms with Gasteiger partial charge in [-0.15, -0.1) is 0 Å². The molecule has 1 unspecified atom stereocenters. The molecule has 0 radical (unpaired) electrons. The Morgan fingerprint density at radius 1 is 1.67 bits per heavy atom. The van der Waals surface area contributed by atoms with Gasteiger partial charge >= 0.3 is 0 Å². The van der Waals surface area contributed by atoms with Crippen LogP contribution in [0.5, 0.6) is 0 Å². The van der Waals surface area contributed by atoms with Crippen LogP contribution in [0.4, 0.5) is 0 Å². The van der Waals surface area contributed by atoms with Crippen molar-refractivity contribution in [2.45, 2.75) is 19.4 Å². The zero-order valence-electron chi connectivity index (χ0n) is 8.30. The van der Waals surface area contributed by atoms with Gasteiger partial charge in [0.05, 0.1) is 12.3 Å². The minimum Gasteiger partial charge on any atom is -0.469 e. The lowest BCUT2D eigenvalue weighted by Gasteiger charge is -2.10. The third kappa shape index (κ3) is 4.14. The molecule has 5 nitrogen and oxygen atoms in total. The molecule has 15 heavy (non-hydrogen) atoms. The molecule has 0 aliphatic heterocycles. The van der Waals surface area contributed by atoms with Gasteiger partial charge in [0, 0.05) is 12.5 Å². The van der Waals surface area contributed by atoms with Gasteiger partial charge in [0.2, 0.25) is 10.0 Å². The predicted molar refractivity (Wildman–Crippen MR) is 54.4 cm³/mol. The number of hydrogen-bond acceptors (Lipinski definition) is 4. The van der Waals surface area contributed by atoms with Crippen LogP contribution in [0.2, 0.25) is 0 Å². The number of nitrogens with one attached hydrogen (secondary N) is 1. The van der Waals surface area contributed by atoms with Crippen LogP contribution in [0.15, 0.2) is 22.8 Å². The van der Waals surface area contributed by atoms with Gasteiger partial charge in [-0.1, -0.05) is 0 Å². The highest BCUT2D eigenvalue weighted by atomic mass is 32.2. The zero-order chi connectivity index (χ0) is 11.3. The monoisotopic (exact) mass is 228 g/mol. The average Bonchev–Trinajstić information content (AvgIpc) is 2.54. The fourth-order valence-electron chi connectivity index (χ4n) is 1.21. The zero-order valence-corrected chi connectivity index (χ0v) is 9.12. The topological polar surface area (TPSA) is 83.1 Å². The summed E-state index contributed by atoms with van der Waals surface area (Å²) in [5.41, 5.74) is 0. The van der Waals surface area contributed by atoms with E-state index in [9.17, 15) is 8.42 Å². The van der Waals surface area contributed by atoms with E-state index >= 15 is 0 Å². The maximum absolute atomic E-state index is 11.2. The molecule has 1 rings (SSSR count). The molecular weight excluding hydrogens is 216 g/mol. The Labute approximate surface area is 88.8 Å². The van der Waals surface area contributed by atoms with E-state index in [1.807, 2.05) is 0 Å². The Morgan fingerprint density at radius 3 is 2.93 bits per heavy atom. The Hall–Kier alpha value is -1.32. The molecule has 0 aromatic carbocycles. The number of rotatable bonds is 5. The van der Waals surface area contributed by atoms with Crippen LogP contribution in [0.25, 0.3) is 0 Å². The molecule has 6 heteroatoms. The van der Waals surface area contributed by atoms with Crippen LogP contribution in [0.3, 0.4) is 0 Å². The first-order chi connectivity index (χ1) is 7.03. The fourth-order valence-corrected chi connectivity index (χ4v) is 2.16.